The van der Waals surface area contributed by atoms with Crippen LogP contribution in [0.4, 0.5) is 17.5 Å². The molecule has 1 aliphatic heterocycles. The molecule has 8 nitrogen and oxygen atoms in total. The summed E-state index contributed by atoms with van der Waals surface area (Å²) < 4.78 is 0. The molecular formula is C25H34N8. The first-order valence-electron chi connectivity index (χ1n) is 11.9. The molecule has 0 amide bonds. The van der Waals surface area contributed by atoms with E-state index in [1.54, 1.807) is 0 Å². The largest absolute Gasteiger partial charge is 0.356 e. The molecule has 1 saturated heterocycles. The molecule has 8 heteroatoms. The number of nitrogens with zero attached hydrogens (tertiary/aromatic N) is 6. The monoisotopic (exact) mass is 446 g/mol. The van der Waals surface area contributed by atoms with Gasteiger partial charge in [0.25, 0.3) is 0 Å². The van der Waals surface area contributed by atoms with Crippen molar-refractivity contribution in [2.75, 3.05) is 23.8 Å². The van der Waals surface area contributed by atoms with Crippen LogP contribution >= 0.6 is 0 Å². The lowest BCUT2D eigenvalue weighted by Crippen LogP contribution is -2.54. The van der Waals surface area contributed by atoms with Gasteiger partial charge in [-0.1, -0.05) is 13.8 Å². The third-order valence-electron chi connectivity index (χ3n) is 6.87. The standard InChI is InChI=1S/C25H34N8/c1-5-18-14-20(15-19(6-2)33(18)12-8-10-26)32(4)25-21-9-7-11-27-22(21)16-23(29-25)28-24-13-17(3)30-31-24/h7,9,11,13,16,18-20H,5-6,8,12,14-15H2,1-4H3,(H2,28,29,30,31). The van der Waals surface area contributed by atoms with Crippen LogP contribution in [0.5, 0.6) is 0 Å². The molecule has 3 aromatic heterocycles. The lowest BCUT2D eigenvalue weighted by molar-refractivity contribution is 0.0684. The van der Waals surface area contributed by atoms with E-state index in [0.29, 0.717) is 24.5 Å². The number of fused-ring (bicyclic) bond motifs is 1. The predicted octanol–water partition coefficient (Wildman–Crippen LogP) is 4.78. The summed E-state index contributed by atoms with van der Waals surface area (Å²) in [5.74, 6) is 2.42. The van der Waals surface area contributed by atoms with Crippen LogP contribution in [0.15, 0.2) is 30.5 Å². The molecule has 4 rings (SSSR count). The van der Waals surface area contributed by atoms with Crippen molar-refractivity contribution in [1.29, 1.82) is 5.26 Å². The number of nitriles is 1. The van der Waals surface area contributed by atoms with Crippen molar-refractivity contribution in [2.24, 2.45) is 0 Å². The number of hydrogen-bond acceptors (Lipinski definition) is 7. The van der Waals surface area contributed by atoms with E-state index in [-0.39, 0.29) is 0 Å². The summed E-state index contributed by atoms with van der Waals surface area (Å²) in [6, 6.07) is 11.7. The lowest BCUT2D eigenvalue weighted by Gasteiger charge is -2.47. The van der Waals surface area contributed by atoms with E-state index in [0.717, 1.165) is 66.3 Å². The Balaban J connectivity index is 1.65. The van der Waals surface area contributed by atoms with E-state index in [4.69, 9.17) is 10.2 Å². The van der Waals surface area contributed by atoms with Gasteiger partial charge in [0.05, 0.1) is 11.6 Å². The summed E-state index contributed by atoms with van der Waals surface area (Å²) in [5.41, 5.74) is 1.91. The van der Waals surface area contributed by atoms with Crippen LogP contribution in [0, 0.1) is 18.3 Å². The number of H-pyrrole nitrogens is 1. The molecule has 174 valence electrons. The maximum absolute atomic E-state index is 9.13. The average Bonchev–Trinajstić information content (AvgIpc) is 3.25. The van der Waals surface area contributed by atoms with E-state index >= 15 is 0 Å². The number of rotatable bonds is 8. The fourth-order valence-corrected chi connectivity index (χ4v) is 5.13. The number of aromatic nitrogens is 4. The third kappa shape index (κ3) is 4.93. The molecule has 0 aliphatic carbocycles. The highest BCUT2D eigenvalue weighted by atomic mass is 15.3. The molecule has 4 heterocycles. The second-order valence-electron chi connectivity index (χ2n) is 8.97. The van der Waals surface area contributed by atoms with Gasteiger partial charge in [0, 0.05) is 67.5 Å². The Bertz CT molecular complexity index is 1100. The number of hydrogen-bond donors (Lipinski definition) is 2. The molecule has 0 aromatic carbocycles. The van der Waals surface area contributed by atoms with Gasteiger partial charge in [0.15, 0.2) is 5.82 Å². The number of piperidine rings is 1. The van der Waals surface area contributed by atoms with Crippen molar-refractivity contribution in [1.82, 2.24) is 25.1 Å². The van der Waals surface area contributed by atoms with Gasteiger partial charge >= 0.3 is 0 Å². The van der Waals surface area contributed by atoms with E-state index in [1.165, 1.54) is 0 Å². The summed E-state index contributed by atoms with van der Waals surface area (Å²) >= 11 is 0. The van der Waals surface area contributed by atoms with Crippen molar-refractivity contribution in [3.8, 4) is 6.07 Å². The number of likely N-dealkylation sites (tertiary alicyclic amines) is 1. The van der Waals surface area contributed by atoms with Gasteiger partial charge in [-0.2, -0.15) is 10.4 Å². The maximum Gasteiger partial charge on any atom is 0.153 e. The maximum atomic E-state index is 9.13. The highest BCUT2D eigenvalue weighted by Crippen LogP contribution is 2.34. The molecule has 3 aromatic rings. The Labute approximate surface area is 196 Å². The minimum atomic E-state index is 0.372. The third-order valence-corrected chi connectivity index (χ3v) is 6.87. The molecule has 1 fully saturated rings. The van der Waals surface area contributed by atoms with Crippen LogP contribution in [-0.4, -0.2) is 56.8 Å². The molecule has 0 radical (unpaired) electrons. The first-order chi connectivity index (χ1) is 16.0. The molecule has 2 atom stereocenters. The van der Waals surface area contributed by atoms with E-state index in [9.17, 15) is 0 Å². The van der Waals surface area contributed by atoms with Crippen molar-refractivity contribution in [3.63, 3.8) is 0 Å². The summed E-state index contributed by atoms with van der Waals surface area (Å²) in [7, 11) is 2.16. The van der Waals surface area contributed by atoms with E-state index < -0.39 is 0 Å². The second kappa shape index (κ2) is 10.2. The molecule has 0 saturated carbocycles. The van der Waals surface area contributed by atoms with Crippen LogP contribution in [0.1, 0.15) is 51.6 Å². The zero-order valence-electron chi connectivity index (χ0n) is 20.0. The predicted molar refractivity (Wildman–Crippen MR) is 133 cm³/mol. The highest BCUT2D eigenvalue weighted by molar-refractivity contribution is 5.92. The van der Waals surface area contributed by atoms with Gasteiger partial charge in [0.2, 0.25) is 0 Å². The van der Waals surface area contributed by atoms with Crippen LogP contribution in [0.3, 0.4) is 0 Å². The molecule has 2 N–H and O–H groups in total. The van der Waals surface area contributed by atoms with Gasteiger partial charge in [-0.3, -0.25) is 15.0 Å². The van der Waals surface area contributed by atoms with Crippen molar-refractivity contribution >= 4 is 28.4 Å². The molecular weight excluding hydrogens is 412 g/mol. The Hall–Kier alpha value is -3.18. The fraction of sp³-hybridized carbons (Fsp3) is 0.520. The fourth-order valence-electron chi connectivity index (χ4n) is 5.13. The molecule has 2 unspecified atom stereocenters. The number of anilines is 3. The molecule has 33 heavy (non-hydrogen) atoms. The minimum Gasteiger partial charge on any atom is -0.356 e. The Morgan fingerprint density at radius 2 is 1.97 bits per heavy atom. The SMILES string of the molecule is CCC1CC(N(C)c2nc(Nc3cc(C)[nH]n3)cc3ncccc23)CC(CC)N1CCC#N. The van der Waals surface area contributed by atoms with Gasteiger partial charge in [0.1, 0.15) is 11.6 Å². The average molecular weight is 447 g/mol. The van der Waals surface area contributed by atoms with E-state index in [1.807, 2.05) is 31.3 Å². The Morgan fingerprint density at radius 3 is 2.61 bits per heavy atom. The van der Waals surface area contributed by atoms with Gasteiger partial charge in [-0.15, -0.1) is 0 Å². The number of nitrogens with one attached hydrogen (secondary N) is 2. The van der Waals surface area contributed by atoms with Crippen LogP contribution in [0.2, 0.25) is 0 Å². The summed E-state index contributed by atoms with van der Waals surface area (Å²) in [6.45, 7) is 7.35. The number of aromatic amines is 1. The topological polar surface area (TPSA) is 96.8 Å². The van der Waals surface area contributed by atoms with Crippen LogP contribution in [0.25, 0.3) is 10.9 Å². The Kier molecular flexibility index (Phi) is 7.09. The zero-order valence-corrected chi connectivity index (χ0v) is 20.0. The molecule has 1 aliphatic rings. The van der Waals surface area contributed by atoms with Crippen LogP contribution < -0.4 is 10.2 Å². The Morgan fingerprint density at radius 1 is 1.21 bits per heavy atom. The lowest BCUT2D eigenvalue weighted by atomic mass is 9.87. The first-order valence-corrected chi connectivity index (χ1v) is 11.9. The highest BCUT2D eigenvalue weighted by Gasteiger charge is 2.36. The normalized spacial score (nSPS) is 21.1. The molecule has 0 bridgehead atoms. The summed E-state index contributed by atoms with van der Waals surface area (Å²) in [6.07, 6.45) is 6.71. The van der Waals surface area contributed by atoms with Crippen molar-refractivity contribution < 1.29 is 0 Å². The number of pyridine rings is 2. The van der Waals surface area contributed by atoms with Gasteiger partial charge in [-0.25, -0.2) is 4.98 Å². The van der Waals surface area contributed by atoms with Gasteiger partial charge < -0.3 is 10.2 Å². The summed E-state index contributed by atoms with van der Waals surface area (Å²) in [5, 5.41) is 20.8. The second-order valence-corrected chi connectivity index (χ2v) is 8.97. The zero-order chi connectivity index (χ0) is 23.4. The van der Waals surface area contributed by atoms with Crippen molar-refractivity contribution in [2.45, 2.75) is 71.0 Å². The first kappa shape index (κ1) is 23.0. The summed E-state index contributed by atoms with van der Waals surface area (Å²) in [4.78, 5) is 14.5. The van der Waals surface area contributed by atoms with E-state index in [2.05, 4.69) is 63.3 Å². The van der Waals surface area contributed by atoms with Crippen LogP contribution in [-0.2, 0) is 0 Å². The quantitative estimate of drug-likeness (QED) is 0.514. The number of aryl methyl sites for hydroxylation is 1. The van der Waals surface area contributed by atoms with Gasteiger partial charge in [-0.05, 0) is 44.7 Å². The molecule has 0 spiro atoms. The van der Waals surface area contributed by atoms with Crippen molar-refractivity contribution in [3.05, 3.63) is 36.2 Å². The minimum absolute atomic E-state index is 0.372. The smallest absolute Gasteiger partial charge is 0.153 e.